The van der Waals surface area contributed by atoms with E-state index in [9.17, 15) is 54.2 Å². The predicted octanol–water partition coefficient (Wildman–Crippen LogP) is -6.04. The van der Waals surface area contributed by atoms with Gasteiger partial charge >= 0.3 is 0 Å². The van der Waals surface area contributed by atoms with Crippen molar-refractivity contribution in [2.45, 2.75) is 12.5 Å². The van der Waals surface area contributed by atoms with Crippen molar-refractivity contribution in [2.24, 2.45) is 0 Å². The van der Waals surface area contributed by atoms with Crippen LogP contribution in [0.25, 0.3) is 11.1 Å². The van der Waals surface area contributed by atoms with Crippen LogP contribution in [0.3, 0.4) is 0 Å². The molecule has 0 saturated carbocycles. The number of aliphatic carboxylic acids is 4. The van der Waals surface area contributed by atoms with Crippen molar-refractivity contribution in [1.82, 2.24) is 14.7 Å². The number of ether oxygens (including phenoxy) is 1. The fraction of sp³-hybridized carbons (Fsp3) is 0.448. The van der Waals surface area contributed by atoms with E-state index in [-0.39, 0.29) is 26.1 Å². The van der Waals surface area contributed by atoms with Crippen LogP contribution >= 0.6 is 7.82 Å². The topological polar surface area (TPSA) is 261 Å². The number of phosphoric ester groups is 1. The number of carboxylic acids is 4. The van der Waals surface area contributed by atoms with Gasteiger partial charge in [0.2, 0.25) is 0 Å². The lowest BCUT2D eigenvalue weighted by atomic mass is 10.0. The third-order valence-electron chi connectivity index (χ3n) is 6.57. The molecule has 0 aliphatic rings. The molecule has 0 spiro atoms. The summed E-state index contributed by atoms with van der Waals surface area (Å²) in [4.78, 5) is 60.4. The Morgan fingerprint density at radius 2 is 1.26 bits per heavy atom. The number of nitrogens with zero attached hydrogens (tertiary/aromatic N) is 3. The maximum atomic E-state index is 12.6. The van der Waals surface area contributed by atoms with Crippen LogP contribution in [-0.2, 0) is 43.9 Å². The number of carboxylic acid groups (broad SMARTS) is 4. The van der Waals surface area contributed by atoms with Crippen LogP contribution in [0.4, 0.5) is 0 Å². The lowest BCUT2D eigenvalue weighted by molar-refractivity contribution is -0.435. The molecule has 0 aliphatic heterocycles. The van der Waals surface area contributed by atoms with E-state index in [0.29, 0.717) is 0 Å². The van der Waals surface area contributed by atoms with E-state index in [1.165, 1.54) is 0 Å². The zero-order chi connectivity index (χ0) is 34.8. The first-order chi connectivity index (χ1) is 22.3. The van der Waals surface area contributed by atoms with Crippen LogP contribution in [-0.4, -0.2) is 117 Å². The van der Waals surface area contributed by atoms with Crippen LogP contribution in [0.5, 0.6) is 0 Å². The predicted molar refractivity (Wildman–Crippen MR) is 149 cm³/mol. The number of rotatable bonds is 25. The first-order valence-corrected chi connectivity index (χ1v) is 15.6. The average molecular weight is 680 g/mol. The molecule has 0 amide bonds. The van der Waals surface area contributed by atoms with Crippen LogP contribution in [0.2, 0.25) is 0 Å². The Balaban J connectivity index is 2.12. The molecule has 17 nitrogen and oxygen atoms in total. The van der Waals surface area contributed by atoms with Gasteiger partial charge in [-0.05, 0) is 29.9 Å². The molecule has 0 fully saturated rings. The minimum atomic E-state index is -5.02. The van der Waals surface area contributed by atoms with Crippen LogP contribution in [0.1, 0.15) is 5.56 Å². The number of benzene rings is 2. The van der Waals surface area contributed by atoms with Gasteiger partial charge in [-0.15, -0.1) is 0 Å². The fourth-order valence-electron chi connectivity index (χ4n) is 4.44. The van der Waals surface area contributed by atoms with Crippen molar-refractivity contribution in [3.8, 4) is 11.1 Å². The second kappa shape index (κ2) is 20.5. The summed E-state index contributed by atoms with van der Waals surface area (Å²) in [5, 5.41) is 55.8. The van der Waals surface area contributed by atoms with E-state index < -0.39 is 90.6 Å². The normalized spacial score (nSPS) is 13.5. The summed E-state index contributed by atoms with van der Waals surface area (Å²) in [5.41, 5.74) is 2.72. The summed E-state index contributed by atoms with van der Waals surface area (Å²) in [6.45, 7) is -7.34. The van der Waals surface area contributed by atoms with E-state index in [0.717, 1.165) is 31.4 Å². The third-order valence-corrected chi connectivity index (χ3v) is 7.54. The van der Waals surface area contributed by atoms with Gasteiger partial charge < -0.3 is 63.4 Å². The molecule has 260 valence electrons. The summed E-state index contributed by atoms with van der Waals surface area (Å²) in [6, 6.07) is 15.6. The Morgan fingerprint density at radius 3 is 1.81 bits per heavy atom. The van der Waals surface area contributed by atoms with E-state index in [1.807, 2.05) is 42.5 Å². The summed E-state index contributed by atoms with van der Waals surface area (Å²) in [7, 11) is -5.02. The van der Waals surface area contributed by atoms with Crippen molar-refractivity contribution in [2.75, 3.05) is 72.6 Å². The van der Waals surface area contributed by atoms with Gasteiger partial charge in [0.05, 0.1) is 43.8 Å². The van der Waals surface area contributed by atoms with Crippen LogP contribution in [0.15, 0.2) is 54.6 Å². The van der Waals surface area contributed by atoms with Crippen molar-refractivity contribution < 1.29 is 68.0 Å². The molecule has 2 atom stereocenters. The quantitative estimate of drug-likeness (QED) is 0.0698. The number of phosphoric acid groups is 1. The van der Waals surface area contributed by atoms with Crippen LogP contribution < -0.4 is 30.4 Å². The van der Waals surface area contributed by atoms with Gasteiger partial charge in [-0.2, -0.15) is 0 Å². The molecule has 2 aromatic rings. The Bertz CT molecular complexity index is 1320. The molecule has 0 aromatic heterocycles. The highest BCUT2D eigenvalue weighted by atomic mass is 31.2. The molecule has 0 heterocycles. The van der Waals surface area contributed by atoms with Crippen molar-refractivity contribution in [3.05, 3.63) is 60.2 Å². The van der Waals surface area contributed by atoms with Gasteiger partial charge in [0.1, 0.15) is 0 Å². The smallest absolute Gasteiger partial charge is 0.267 e. The second-order valence-corrected chi connectivity index (χ2v) is 11.6. The molecular weight excluding hydrogens is 645 g/mol. The first kappa shape index (κ1) is 39.4. The highest BCUT2D eigenvalue weighted by Gasteiger charge is 2.25. The van der Waals surface area contributed by atoms with Gasteiger partial charge in [0, 0.05) is 51.9 Å². The van der Waals surface area contributed by atoms with E-state index in [2.05, 4.69) is 0 Å². The second-order valence-electron chi connectivity index (χ2n) is 10.2. The summed E-state index contributed by atoms with van der Waals surface area (Å²) in [5.74, 6) is -6.50. The lowest BCUT2D eigenvalue weighted by Gasteiger charge is -2.37. The molecular formula is C29H34N3O14P-6. The van der Waals surface area contributed by atoms with E-state index in [4.69, 9.17) is 13.8 Å². The molecule has 2 unspecified atom stereocenters. The fourth-order valence-corrected chi connectivity index (χ4v) is 5.18. The molecule has 2 aromatic carbocycles. The Morgan fingerprint density at radius 1 is 0.723 bits per heavy atom. The highest BCUT2D eigenvalue weighted by Crippen LogP contribution is 2.38. The minimum Gasteiger partial charge on any atom is -0.834 e. The zero-order valence-corrected chi connectivity index (χ0v) is 26.2. The number of hydrogen-bond donors (Lipinski definition) is 0. The van der Waals surface area contributed by atoms with Gasteiger partial charge in [-0.1, -0.05) is 54.6 Å². The maximum Gasteiger partial charge on any atom is 0.267 e. The van der Waals surface area contributed by atoms with Crippen molar-refractivity contribution >= 4 is 31.7 Å². The van der Waals surface area contributed by atoms with Gasteiger partial charge in [-0.3, -0.25) is 19.3 Å². The van der Waals surface area contributed by atoms with Crippen molar-refractivity contribution in [3.63, 3.8) is 0 Å². The first-order valence-electron chi connectivity index (χ1n) is 14.2. The standard InChI is InChI=1S/C29H39N3O14P/c33-21-44-20-32(18-29(40)41)25(14-30(15-26(34)35)11-12-31(16-27(36)37)17-28(38)39)19-46-47(42,43)45-13-10-22-6-8-24(9-7-22)23-4-2-1-3-5-23/h1-9,25H,10-21H2,(H,34,35)(H,36,37)(H,38,39)(H,40,41)(H,42,43)/q-1/p-5. The molecule has 47 heavy (non-hydrogen) atoms. The van der Waals surface area contributed by atoms with Crippen LogP contribution in [0, 0.1) is 0 Å². The third kappa shape index (κ3) is 16.6. The SMILES string of the molecule is O=C([O-])CN(CCN(CC(=O)[O-])CC(COP(=O)([O-])OCCc1ccc(-c2ccccc2)cc1)N(COC[O-])CC(=O)[O-])CC(=O)[O-]. The van der Waals surface area contributed by atoms with Crippen molar-refractivity contribution in [1.29, 1.82) is 0 Å². The maximum absolute atomic E-state index is 12.6. The molecule has 2 rings (SSSR count). The molecule has 0 aliphatic carbocycles. The lowest BCUT2D eigenvalue weighted by Crippen LogP contribution is -2.54. The number of carbonyl (C=O) groups excluding carboxylic acids is 4. The largest absolute Gasteiger partial charge is 0.834 e. The monoisotopic (exact) mass is 679 g/mol. The highest BCUT2D eigenvalue weighted by molar-refractivity contribution is 7.45. The average Bonchev–Trinajstić information content (AvgIpc) is 2.99. The Labute approximate surface area is 270 Å². The molecule has 18 heteroatoms. The number of hydrogen-bond acceptors (Lipinski definition) is 17. The molecule has 0 bridgehead atoms. The van der Waals surface area contributed by atoms with E-state index in [1.54, 1.807) is 12.1 Å². The summed E-state index contributed by atoms with van der Waals surface area (Å²) < 4.78 is 27.3. The van der Waals surface area contributed by atoms with Gasteiger partial charge in [-0.25, -0.2) is 0 Å². The Hall–Kier alpha value is -3.77. The van der Waals surface area contributed by atoms with Gasteiger partial charge in [0.15, 0.2) is 0 Å². The molecule has 0 saturated heterocycles. The number of carbonyl (C=O) groups is 4. The minimum absolute atomic E-state index is 0.190. The summed E-state index contributed by atoms with van der Waals surface area (Å²) >= 11 is 0. The molecule has 0 radical (unpaired) electrons. The van der Waals surface area contributed by atoms with Gasteiger partial charge in [0.25, 0.3) is 7.82 Å². The molecule has 0 N–H and O–H groups in total. The van der Waals surface area contributed by atoms with E-state index >= 15 is 0 Å². The Kier molecular flexibility index (Phi) is 17.2. The summed E-state index contributed by atoms with van der Waals surface area (Å²) in [6.07, 6.45) is 0.190. The zero-order valence-electron chi connectivity index (χ0n) is 25.3.